The van der Waals surface area contributed by atoms with Crippen molar-refractivity contribution in [3.63, 3.8) is 0 Å². The summed E-state index contributed by atoms with van der Waals surface area (Å²) in [5, 5.41) is 0.379. The molecule has 0 N–H and O–H groups in total. The van der Waals surface area contributed by atoms with E-state index in [1.807, 2.05) is 0 Å². The molecular weight excluding hydrogens is 318 g/mol. The second kappa shape index (κ2) is 6.02. The molecule has 0 amide bonds. The predicted octanol–water partition coefficient (Wildman–Crippen LogP) is 4.66. The Morgan fingerprint density at radius 1 is 1.00 bits per heavy atom. The van der Waals surface area contributed by atoms with Gasteiger partial charge in [-0.25, -0.2) is 8.78 Å². The minimum absolute atomic E-state index is 0.338. The summed E-state index contributed by atoms with van der Waals surface area (Å²) in [5.41, 5.74) is 0.511. The van der Waals surface area contributed by atoms with Gasteiger partial charge in [0, 0.05) is 5.33 Å². The third-order valence-electron chi connectivity index (χ3n) is 2.49. The molecule has 0 aromatic heterocycles. The molecule has 0 spiro atoms. The summed E-state index contributed by atoms with van der Waals surface area (Å²) in [7, 11) is 1.54. The molecule has 5 heteroatoms. The van der Waals surface area contributed by atoms with E-state index in [1.54, 1.807) is 24.3 Å². The first-order valence-electron chi connectivity index (χ1n) is 5.50. The van der Waals surface area contributed by atoms with Gasteiger partial charge in [-0.1, -0.05) is 15.9 Å². The average molecular weight is 329 g/mol. The third kappa shape index (κ3) is 3.23. The Hall–Kier alpha value is -1.62. The normalized spacial score (nSPS) is 10.3. The van der Waals surface area contributed by atoms with Crippen LogP contribution in [0, 0.1) is 11.6 Å². The van der Waals surface area contributed by atoms with Gasteiger partial charge in [0.15, 0.2) is 17.4 Å². The molecule has 100 valence electrons. The van der Waals surface area contributed by atoms with E-state index in [-0.39, 0.29) is 0 Å². The number of alkyl halides is 1. The molecular formula is C14H11BrF2O2. The van der Waals surface area contributed by atoms with E-state index in [4.69, 9.17) is 9.47 Å². The first kappa shape index (κ1) is 13.8. The fourth-order valence-corrected chi connectivity index (χ4v) is 1.87. The number of halogens is 3. The van der Waals surface area contributed by atoms with Gasteiger partial charge >= 0.3 is 0 Å². The van der Waals surface area contributed by atoms with Crippen LogP contribution in [-0.2, 0) is 5.33 Å². The lowest BCUT2D eigenvalue weighted by molar-refractivity contribution is 0.400. The van der Waals surface area contributed by atoms with Crippen molar-refractivity contribution in [1.82, 2.24) is 0 Å². The van der Waals surface area contributed by atoms with Gasteiger partial charge in [0.05, 0.1) is 7.11 Å². The monoisotopic (exact) mass is 328 g/mol. The van der Waals surface area contributed by atoms with Gasteiger partial charge in [-0.2, -0.15) is 0 Å². The van der Waals surface area contributed by atoms with Crippen LogP contribution in [-0.4, -0.2) is 7.11 Å². The lowest BCUT2D eigenvalue weighted by Gasteiger charge is -2.09. The van der Waals surface area contributed by atoms with Crippen LogP contribution in [0.5, 0.6) is 17.2 Å². The molecule has 0 fully saturated rings. The Morgan fingerprint density at radius 3 is 2.00 bits per heavy atom. The Morgan fingerprint density at radius 2 is 1.53 bits per heavy atom. The molecule has 0 unspecified atom stereocenters. The lowest BCUT2D eigenvalue weighted by atomic mass is 10.2. The van der Waals surface area contributed by atoms with Crippen molar-refractivity contribution in [2.24, 2.45) is 0 Å². The maximum atomic E-state index is 13.7. The molecule has 0 aliphatic carbocycles. The van der Waals surface area contributed by atoms with Crippen LogP contribution in [0.3, 0.4) is 0 Å². The highest BCUT2D eigenvalue weighted by Crippen LogP contribution is 2.30. The standard InChI is InChI=1S/C14H11BrF2O2/c1-18-10-2-4-11(5-3-10)19-14-12(16)6-9(8-15)7-13(14)17/h2-7H,8H2,1H3. The molecule has 0 bridgehead atoms. The van der Waals surface area contributed by atoms with Gasteiger partial charge in [0.25, 0.3) is 0 Å². The molecule has 0 heterocycles. The average Bonchev–Trinajstić information content (AvgIpc) is 2.43. The van der Waals surface area contributed by atoms with Crippen LogP contribution >= 0.6 is 15.9 Å². The zero-order valence-corrected chi connectivity index (χ0v) is 11.7. The number of hydrogen-bond donors (Lipinski definition) is 0. The summed E-state index contributed by atoms with van der Waals surface area (Å²) in [6.45, 7) is 0. The first-order valence-corrected chi connectivity index (χ1v) is 6.62. The second-order valence-corrected chi connectivity index (χ2v) is 4.36. The highest BCUT2D eigenvalue weighted by atomic mass is 79.9. The minimum atomic E-state index is -0.731. The lowest BCUT2D eigenvalue weighted by Crippen LogP contribution is -1.95. The van der Waals surface area contributed by atoms with E-state index in [2.05, 4.69) is 15.9 Å². The molecule has 0 radical (unpaired) electrons. The van der Waals surface area contributed by atoms with E-state index in [9.17, 15) is 8.78 Å². The summed E-state index contributed by atoms with van der Waals surface area (Å²) in [4.78, 5) is 0. The molecule has 0 aliphatic rings. The van der Waals surface area contributed by atoms with Crippen molar-refractivity contribution >= 4 is 15.9 Å². The van der Waals surface area contributed by atoms with Crippen molar-refractivity contribution in [2.45, 2.75) is 5.33 Å². The van der Waals surface area contributed by atoms with E-state index < -0.39 is 17.4 Å². The van der Waals surface area contributed by atoms with E-state index in [1.165, 1.54) is 19.2 Å². The van der Waals surface area contributed by atoms with Gasteiger partial charge in [-0.3, -0.25) is 0 Å². The number of ether oxygens (including phenoxy) is 2. The summed E-state index contributed by atoms with van der Waals surface area (Å²) >= 11 is 3.15. The number of rotatable bonds is 4. The topological polar surface area (TPSA) is 18.5 Å². The summed E-state index contributed by atoms with van der Waals surface area (Å²) < 4.78 is 37.6. The molecule has 0 aliphatic heterocycles. The number of benzene rings is 2. The zero-order valence-electron chi connectivity index (χ0n) is 10.1. The van der Waals surface area contributed by atoms with Crippen LogP contribution in [0.2, 0.25) is 0 Å². The number of methoxy groups -OCH3 is 1. The van der Waals surface area contributed by atoms with E-state index >= 15 is 0 Å². The summed E-state index contributed by atoms with van der Waals surface area (Å²) in [6, 6.07) is 8.93. The van der Waals surface area contributed by atoms with Crippen molar-refractivity contribution in [2.75, 3.05) is 7.11 Å². The molecule has 2 aromatic carbocycles. The quantitative estimate of drug-likeness (QED) is 0.760. The Labute approximate surface area is 118 Å². The molecule has 2 nitrogen and oxygen atoms in total. The van der Waals surface area contributed by atoms with Crippen LogP contribution in [0.4, 0.5) is 8.78 Å². The van der Waals surface area contributed by atoms with Crippen molar-refractivity contribution < 1.29 is 18.3 Å². The molecule has 0 saturated heterocycles. The van der Waals surface area contributed by atoms with Crippen molar-refractivity contribution in [3.05, 3.63) is 53.6 Å². The van der Waals surface area contributed by atoms with Crippen LogP contribution in [0.15, 0.2) is 36.4 Å². The minimum Gasteiger partial charge on any atom is -0.497 e. The highest BCUT2D eigenvalue weighted by Gasteiger charge is 2.13. The molecule has 0 atom stereocenters. The van der Waals surface area contributed by atoms with Gasteiger partial charge in [-0.15, -0.1) is 0 Å². The zero-order chi connectivity index (χ0) is 13.8. The Kier molecular flexibility index (Phi) is 4.37. The largest absolute Gasteiger partial charge is 0.497 e. The van der Waals surface area contributed by atoms with Gasteiger partial charge in [0.1, 0.15) is 11.5 Å². The van der Waals surface area contributed by atoms with Crippen LogP contribution in [0.25, 0.3) is 0 Å². The highest BCUT2D eigenvalue weighted by molar-refractivity contribution is 9.08. The second-order valence-electron chi connectivity index (χ2n) is 3.80. The SMILES string of the molecule is COc1ccc(Oc2c(F)cc(CBr)cc2F)cc1. The van der Waals surface area contributed by atoms with Crippen molar-refractivity contribution in [1.29, 1.82) is 0 Å². The van der Waals surface area contributed by atoms with Crippen LogP contribution in [0.1, 0.15) is 5.56 Å². The van der Waals surface area contributed by atoms with Gasteiger partial charge < -0.3 is 9.47 Å². The fraction of sp³-hybridized carbons (Fsp3) is 0.143. The molecule has 2 aromatic rings. The third-order valence-corrected chi connectivity index (χ3v) is 3.14. The maximum Gasteiger partial charge on any atom is 0.198 e. The smallest absolute Gasteiger partial charge is 0.198 e. The molecule has 19 heavy (non-hydrogen) atoms. The molecule has 2 rings (SSSR count). The van der Waals surface area contributed by atoms with Crippen molar-refractivity contribution in [3.8, 4) is 17.2 Å². The Balaban J connectivity index is 2.27. The van der Waals surface area contributed by atoms with E-state index in [0.717, 1.165) is 0 Å². The van der Waals surface area contributed by atoms with Gasteiger partial charge in [0.2, 0.25) is 0 Å². The summed E-state index contributed by atoms with van der Waals surface area (Å²) in [5.74, 6) is -0.890. The summed E-state index contributed by atoms with van der Waals surface area (Å²) in [6.07, 6.45) is 0. The Bertz CT molecular complexity index is 547. The van der Waals surface area contributed by atoms with Gasteiger partial charge in [-0.05, 0) is 42.0 Å². The number of hydrogen-bond acceptors (Lipinski definition) is 2. The molecule has 0 saturated carbocycles. The predicted molar refractivity (Wildman–Crippen MR) is 72.1 cm³/mol. The fourth-order valence-electron chi connectivity index (χ4n) is 1.55. The first-order chi connectivity index (χ1) is 9.13. The maximum absolute atomic E-state index is 13.7. The van der Waals surface area contributed by atoms with E-state index in [0.29, 0.717) is 22.4 Å². The van der Waals surface area contributed by atoms with Crippen LogP contribution < -0.4 is 9.47 Å².